The zero-order chi connectivity index (χ0) is 18.8. The maximum absolute atomic E-state index is 11.8. The van der Waals surface area contributed by atoms with Gasteiger partial charge in [-0.05, 0) is 62.1 Å². The number of hydrogen-bond acceptors (Lipinski definition) is 6. The Bertz CT molecular complexity index is 711. The lowest BCUT2D eigenvalue weighted by Crippen LogP contribution is -2.46. The van der Waals surface area contributed by atoms with Crippen molar-refractivity contribution >= 4 is 5.97 Å². The van der Waals surface area contributed by atoms with E-state index >= 15 is 0 Å². The van der Waals surface area contributed by atoms with Gasteiger partial charge < -0.3 is 19.3 Å². The van der Waals surface area contributed by atoms with E-state index in [4.69, 9.17) is 14.2 Å². The third kappa shape index (κ3) is 3.49. The molecule has 1 aromatic carbocycles. The fourth-order valence-corrected chi connectivity index (χ4v) is 3.53. The second-order valence-corrected chi connectivity index (χ2v) is 7.34. The molecule has 2 aliphatic rings. The molecular weight excluding hydrogens is 334 g/mol. The number of esters is 1. The fraction of sp³-hybridized carbons (Fsp3) is 0.600. The first-order chi connectivity index (χ1) is 12.5. The Morgan fingerprint density at radius 1 is 1.23 bits per heavy atom. The minimum atomic E-state index is -1.51. The van der Waals surface area contributed by atoms with Crippen LogP contribution in [0.2, 0.25) is 0 Å². The van der Waals surface area contributed by atoms with Crippen molar-refractivity contribution in [3.63, 3.8) is 0 Å². The SMILES string of the molecule is COc1ccc([C@]2(C#N)CC[C@@](O)(C(=O)OC)CC2)cc1OCC1CC1. The van der Waals surface area contributed by atoms with Crippen LogP contribution >= 0.6 is 0 Å². The molecule has 0 unspecified atom stereocenters. The molecule has 2 fully saturated rings. The smallest absolute Gasteiger partial charge is 0.337 e. The maximum atomic E-state index is 11.8. The van der Waals surface area contributed by atoms with Gasteiger partial charge in [0.15, 0.2) is 17.1 Å². The normalized spacial score (nSPS) is 28.1. The molecule has 0 spiro atoms. The highest BCUT2D eigenvalue weighted by Crippen LogP contribution is 2.45. The van der Waals surface area contributed by atoms with Gasteiger partial charge in [0.1, 0.15) is 0 Å². The van der Waals surface area contributed by atoms with E-state index in [0.717, 1.165) is 5.56 Å². The Morgan fingerprint density at radius 2 is 1.92 bits per heavy atom. The number of nitrogens with zero attached hydrogens (tertiary/aromatic N) is 1. The molecule has 140 valence electrons. The molecule has 6 heteroatoms. The summed E-state index contributed by atoms with van der Waals surface area (Å²) in [6.45, 7) is 0.654. The Balaban J connectivity index is 1.82. The summed E-state index contributed by atoms with van der Waals surface area (Å²) in [5.41, 5.74) is -1.43. The number of nitriles is 1. The molecule has 0 atom stereocenters. The van der Waals surface area contributed by atoms with Crippen LogP contribution in [-0.4, -0.2) is 37.5 Å². The number of ether oxygens (including phenoxy) is 3. The van der Waals surface area contributed by atoms with Gasteiger partial charge in [0.25, 0.3) is 0 Å². The first-order valence-corrected chi connectivity index (χ1v) is 9.00. The summed E-state index contributed by atoms with van der Waals surface area (Å²) in [6.07, 6.45) is 3.52. The first kappa shape index (κ1) is 18.5. The van der Waals surface area contributed by atoms with Crippen molar-refractivity contribution in [3.05, 3.63) is 23.8 Å². The summed E-state index contributed by atoms with van der Waals surface area (Å²) < 4.78 is 16.0. The molecule has 2 saturated carbocycles. The Labute approximate surface area is 153 Å². The van der Waals surface area contributed by atoms with Gasteiger partial charge in [-0.3, -0.25) is 0 Å². The van der Waals surface area contributed by atoms with E-state index in [9.17, 15) is 15.2 Å². The molecule has 1 aromatic rings. The lowest BCUT2D eigenvalue weighted by molar-refractivity contribution is -0.166. The summed E-state index contributed by atoms with van der Waals surface area (Å²) in [6, 6.07) is 7.97. The molecule has 0 saturated heterocycles. The van der Waals surface area contributed by atoms with Gasteiger partial charge in [-0.1, -0.05) is 6.07 Å². The van der Waals surface area contributed by atoms with Crippen LogP contribution in [0, 0.1) is 17.2 Å². The second-order valence-electron chi connectivity index (χ2n) is 7.34. The minimum Gasteiger partial charge on any atom is -0.493 e. The van der Waals surface area contributed by atoms with Crippen LogP contribution in [0.15, 0.2) is 18.2 Å². The van der Waals surface area contributed by atoms with Crippen molar-refractivity contribution in [1.29, 1.82) is 5.26 Å². The molecule has 0 aromatic heterocycles. The van der Waals surface area contributed by atoms with Crippen LogP contribution < -0.4 is 9.47 Å². The van der Waals surface area contributed by atoms with Crippen LogP contribution in [0.3, 0.4) is 0 Å². The molecule has 0 aliphatic heterocycles. The Hall–Kier alpha value is -2.26. The summed E-state index contributed by atoms with van der Waals surface area (Å²) in [5, 5.41) is 20.4. The van der Waals surface area contributed by atoms with Gasteiger partial charge in [0.05, 0.1) is 32.3 Å². The number of rotatable bonds is 6. The van der Waals surface area contributed by atoms with E-state index in [1.165, 1.54) is 20.0 Å². The molecule has 6 nitrogen and oxygen atoms in total. The molecule has 1 N–H and O–H groups in total. The third-order valence-corrected chi connectivity index (χ3v) is 5.60. The van der Waals surface area contributed by atoms with Gasteiger partial charge in [0, 0.05) is 0 Å². The molecule has 2 aliphatic carbocycles. The highest BCUT2D eigenvalue weighted by Gasteiger charge is 2.48. The van der Waals surface area contributed by atoms with Crippen LogP contribution in [0.1, 0.15) is 44.1 Å². The summed E-state index contributed by atoms with van der Waals surface area (Å²) >= 11 is 0. The van der Waals surface area contributed by atoms with Crippen molar-refractivity contribution in [2.75, 3.05) is 20.8 Å². The number of carbonyl (C=O) groups is 1. The van der Waals surface area contributed by atoms with E-state index in [1.807, 2.05) is 18.2 Å². The molecule has 3 rings (SSSR count). The minimum absolute atomic E-state index is 0.192. The van der Waals surface area contributed by atoms with Crippen LogP contribution in [0.25, 0.3) is 0 Å². The van der Waals surface area contributed by atoms with Gasteiger partial charge in [-0.15, -0.1) is 0 Å². The van der Waals surface area contributed by atoms with Gasteiger partial charge in [-0.25, -0.2) is 4.79 Å². The van der Waals surface area contributed by atoms with Crippen LogP contribution in [0.4, 0.5) is 0 Å². The highest BCUT2D eigenvalue weighted by atomic mass is 16.5. The van der Waals surface area contributed by atoms with E-state index < -0.39 is 17.0 Å². The molecule has 0 amide bonds. The van der Waals surface area contributed by atoms with E-state index in [2.05, 4.69) is 6.07 Å². The number of methoxy groups -OCH3 is 2. The van der Waals surface area contributed by atoms with Crippen LogP contribution in [-0.2, 0) is 14.9 Å². The average molecular weight is 359 g/mol. The molecular formula is C20H25NO5. The molecule has 0 radical (unpaired) electrons. The van der Waals surface area contributed by atoms with Crippen LogP contribution in [0.5, 0.6) is 11.5 Å². The lowest BCUT2D eigenvalue weighted by Gasteiger charge is -2.38. The number of hydrogen-bond donors (Lipinski definition) is 1. The average Bonchev–Trinajstić information content (AvgIpc) is 3.51. The van der Waals surface area contributed by atoms with Gasteiger partial charge in [0.2, 0.25) is 0 Å². The predicted octanol–water partition coefficient (Wildman–Crippen LogP) is 2.72. The zero-order valence-corrected chi connectivity index (χ0v) is 15.3. The van der Waals surface area contributed by atoms with Crippen molar-refractivity contribution in [3.8, 4) is 17.6 Å². The van der Waals surface area contributed by atoms with Crippen molar-refractivity contribution in [2.45, 2.75) is 49.5 Å². The number of benzene rings is 1. The highest BCUT2D eigenvalue weighted by molar-refractivity contribution is 5.79. The quantitative estimate of drug-likeness (QED) is 0.786. The molecule has 0 heterocycles. The standard InChI is InChI=1S/C20H25NO5/c1-24-16-6-5-15(11-17(16)26-12-14-3-4-14)19(13-21)7-9-20(23,10-8-19)18(22)25-2/h5-6,11,14,23H,3-4,7-10,12H2,1-2H3/t19-,20+. The van der Waals surface area contributed by atoms with Gasteiger partial charge >= 0.3 is 5.97 Å². The monoisotopic (exact) mass is 359 g/mol. The number of aliphatic hydroxyl groups is 1. The lowest BCUT2D eigenvalue weighted by atomic mass is 9.66. The summed E-state index contributed by atoms with van der Waals surface area (Å²) in [7, 11) is 2.86. The van der Waals surface area contributed by atoms with E-state index in [0.29, 0.717) is 36.9 Å². The van der Waals surface area contributed by atoms with Crippen molar-refractivity contribution in [1.82, 2.24) is 0 Å². The first-order valence-electron chi connectivity index (χ1n) is 9.00. The van der Waals surface area contributed by atoms with Crippen molar-refractivity contribution < 1.29 is 24.1 Å². The zero-order valence-electron chi connectivity index (χ0n) is 15.3. The van der Waals surface area contributed by atoms with Gasteiger partial charge in [-0.2, -0.15) is 5.26 Å². The fourth-order valence-electron chi connectivity index (χ4n) is 3.53. The van der Waals surface area contributed by atoms with E-state index in [1.54, 1.807) is 7.11 Å². The van der Waals surface area contributed by atoms with E-state index in [-0.39, 0.29) is 12.8 Å². The largest absolute Gasteiger partial charge is 0.493 e. The predicted molar refractivity (Wildman–Crippen MR) is 93.9 cm³/mol. The maximum Gasteiger partial charge on any atom is 0.337 e. The summed E-state index contributed by atoms with van der Waals surface area (Å²) in [5.74, 6) is 1.26. The van der Waals surface area contributed by atoms with Crippen molar-refractivity contribution in [2.24, 2.45) is 5.92 Å². The summed E-state index contributed by atoms with van der Waals surface area (Å²) in [4.78, 5) is 11.8. The topological polar surface area (TPSA) is 88.8 Å². The molecule has 26 heavy (non-hydrogen) atoms. The Kier molecular flexibility index (Phi) is 5.10. The second kappa shape index (κ2) is 7.16. The third-order valence-electron chi connectivity index (χ3n) is 5.60. The molecule has 0 bridgehead atoms. The number of carbonyl (C=O) groups excluding carboxylic acids is 1. The Morgan fingerprint density at radius 3 is 2.46 bits per heavy atom.